The molecule has 0 aromatic heterocycles. The lowest BCUT2D eigenvalue weighted by molar-refractivity contribution is 0.0483. The Hall–Kier alpha value is -2.58. The topological polar surface area (TPSA) is 82.1 Å². The van der Waals surface area contributed by atoms with Crippen molar-refractivity contribution in [3.8, 4) is 5.75 Å². The summed E-state index contributed by atoms with van der Waals surface area (Å²) in [5.74, 6) is 0.0400. The molecule has 4 rings (SSSR count). The quantitative estimate of drug-likeness (QED) is 0.540. The molecule has 2 heterocycles. The monoisotopic (exact) mass is 487 g/mol. The summed E-state index contributed by atoms with van der Waals surface area (Å²) < 4.78 is 45.5. The fraction of sp³-hybridized carbons (Fsp3) is 0.500. The maximum atomic E-state index is 13.9. The van der Waals surface area contributed by atoms with Crippen molar-refractivity contribution in [2.45, 2.75) is 56.9 Å². The fourth-order valence-corrected chi connectivity index (χ4v) is 6.37. The molecule has 0 unspecified atom stereocenters. The van der Waals surface area contributed by atoms with Crippen LogP contribution in [0.1, 0.15) is 54.6 Å². The Labute approximate surface area is 202 Å². The second-order valence-electron chi connectivity index (χ2n) is 9.02. The molecule has 2 aliphatic rings. The minimum atomic E-state index is -3.91. The molecule has 2 aromatic carbocycles. The van der Waals surface area contributed by atoms with Gasteiger partial charge < -0.3 is 14.2 Å². The van der Waals surface area contributed by atoms with Crippen molar-refractivity contribution in [1.29, 1.82) is 0 Å². The van der Waals surface area contributed by atoms with Crippen molar-refractivity contribution in [2.75, 3.05) is 31.2 Å². The smallest absolute Gasteiger partial charge is 0.341 e. The summed E-state index contributed by atoms with van der Waals surface area (Å²) in [5, 5.41) is 0. The minimum absolute atomic E-state index is 0.0490. The van der Waals surface area contributed by atoms with Crippen LogP contribution < -0.4 is 9.04 Å². The predicted molar refractivity (Wildman–Crippen MR) is 130 cm³/mol. The summed E-state index contributed by atoms with van der Waals surface area (Å²) in [4.78, 5) is 12.6. The Kier molecular flexibility index (Phi) is 7.48. The van der Waals surface area contributed by atoms with Gasteiger partial charge in [-0.3, -0.25) is 4.31 Å². The van der Waals surface area contributed by atoms with E-state index in [1.165, 1.54) is 23.5 Å². The lowest BCUT2D eigenvalue weighted by Gasteiger charge is -2.36. The highest BCUT2D eigenvalue weighted by Crippen LogP contribution is 2.37. The van der Waals surface area contributed by atoms with Crippen LogP contribution in [0.3, 0.4) is 0 Å². The van der Waals surface area contributed by atoms with Crippen LogP contribution in [-0.2, 0) is 32.3 Å². The van der Waals surface area contributed by atoms with Crippen LogP contribution in [-0.4, -0.2) is 47.4 Å². The summed E-state index contributed by atoms with van der Waals surface area (Å²) in [5.41, 5.74) is 2.93. The standard InChI is InChI=1S/C26H33NO6S/c1-4-19-6-8-21-7-5-18(2)27(24(21)15-19)34(29,30)22-9-10-25(23(16-22)26(28)31-3)33-17-20-11-13-32-14-12-20/h6,8-10,15-16,18,20H,4-5,7,11-14,17H2,1-3H3/t18-/m0/s1. The molecule has 0 N–H and O–H groups in total. The fourth-order valence-electron chi connectivity index (χ4n) is 4.63. The van der Waals surface area contributed by atoms with Crippen LogP contribution in [0.5, 0.6) is 5.75 Å². The van der Waals surface area contributed by atoms with E-state index in [0.29, 0.717) is 31.5 Å². The van der Waals surface area contributed by atoms with Crippen LogP contribution >= 0.6 is 0 Å². The zero-order valence-corrected chi connectivity index (χ0v) is 20.9. The van der Waals surface area contributed by atoms with E-state index in [0.717, 1.165) is 48.9 Å². The van der Waals surface area contributed by atoms with Crippen LogP contribution in [0.15, 0.2) is 41.3 Å². The number of esters is 1. The number of sulfonamides is 1. The molecule has 0 aliphatic carbocycles. The van der Waals surface area contributed by atoms with Crippen molar-refractivity contribution in [3.05, 3.63) is 53.1 Å². The molecule has 1 fully saturated rings. The second kappa shape index (κ2) is 10.4. The van der Waals surface area contributed by atoms with E-state index >= 15 is 0 Å². The van der Waals surface area contributed by atoms with Crippen molar-refractivity contribution in [2.24, 2.45) is 5.92 Å². The van der Waals surface area contributed by atoms with Gasteiger partial charge in [-0.15, -0.1) is 0 Å². The van der Waals surface area contributed by atoms with Gasteiger partial charge in [0.15, 0.2) is 0 Å². The number of benzene rings is 2. The first-order valence-corrected chi connectivity index (χ1v) is 13.4. The highest BCUT2D eigenvalue weighted by atomic mass is 32.2. The number of fused-ring (bicyclic) bond motifs is 1. The normalized spacial score (nSPS) is 18.9. The molecular weight excluding hydrogens is 454 g/mol. The number of ether oxygens (including phenoxy) is 3. The Morgan fingerprint density at radius 3 is 2.59 bits per heavy atom. The molecule has 2 aliphatic heterocycles. The van der Waals surface area contributed by atoms with Gasteiger partial charge in [0.25, 0.3) is 10.0 Å². The minimum Gasteiger partial charge on any atom is -0.492 e. The van der Waals surface area contributed by atoms with Crippen molar-refractivity contribution >= 4 is 21.7 Å². The third kappa shape index (κ3) is 4.93. The highest BCUT2D eigenvalue weighted by Gasteiger charge is 2.35. The van der Waals surface area contributed by atoms with Crippen LogP contribution in [0.2, 0.25) is 0 Å². The first-order valence-electron chi connectivity index (χ1n) is 11.9. The summed E-state index contributed by atoms with van der Waals surface area (Å²) >= 11 is 0. The van der Waals surface area contributed by atoms with Gasteiger partial charge in [0.1, 0.15) is 11.3 Å². The predicted octanol–water partition coefficient (Wildman–Crippen LogP) is 4.37. The van der Waals surface area contributed by atoms with E-state index in [4.69, 9.17) is 14.2 Å². The Morgan fingerprint density at radius 1 is 1.12 bits per heavy atom. The third-order valence-corrected chi connectivity index (χ3v) is 8.68. The average molecular weight is 488 g/mol. The molecule has 1 saturated heterocycles. The third-order valence-electron chi connectivity index (χ3n) is 6.76. The first-order chi connectivity index (χ1) is 16.3. The number of methoxy groups -OCH3 is 1. The van der Waals surface area contributed by atoms with E-state index in [9.17, 15) is 13.2 Å². The lowest BCUT2D eigenvalue weighted by atomic mass is 9.97. The molecule has 0 amide bonds. The van der Waals surface area contributed by atoms with E-state index < -0.39 is 16.0 Å². The number of carbonyl (C=O) groups is 1. The molecule has 7 nitrogen and oxygen atoms in total. The Bertz CT molecular complexity index is 1140. The summed E-state index contributed by atoms with van der Waals surface area (Å²) in [7, 11) is -2.63. The lowest BCUT2D eigenvalue weighted by Crippen LogP contribution is -2.42. The van der Waals surface area contributed by atoms with Crippen LogP contribution in [0, 0.1) is 5.92 Å². The average Bonchev–Trinajstić information content (AvgIpc) is 2.86. The molecule has 184 valence electrons. The number of rotatable bonds is 7. The van der Waals surface area contributed by atoms with E-state index in [1.54, 1.807) is 6.07 Å². The van der Waals surface area contributed by atoms with Crippen LogP contribution in [0.25, 0.3) is 0 Å². The van der Waals surface area contributed by atoms with Gasteiger partial charge in [-0.25, -0.2) is 13.2 Å². The SMILES string of the molecule is CCc1ccc2c(c1)N(S(=O)(=O)c1ccc(OCC3CCOCC3)c(C(=O)OC)c1)[C@@H](C)CC2. The maximum absolute atomic E-state index is 13.9. The number of carbonyl (C=O) groups excluding carboxylic acids is 1. The largest absolute Gasteiger partial charge is 0.492 e. The summed E-state index contributed by atoms with van der Waals surface area (Å²) in [6.45, 7) is 5.81. The molecule has 2 aromatic rings. The van der Waals surface area contributed by atoms with E-state index in [-0.39, 0.29) is 16.5 Å². The van der Waals surface area contributed by atoms with Gasteiger partial charge in [-0.2, -0.15) is 0 Å². The van der Waals surface area contributed by atoms with E-state index in [2.05, 4.69) is 13.0 Å². The van der Waals surface area contributed by atoms with Gasteiger partial charge in [-0.1, -0.05) is 19.1 Å². The summed E-state index contributed by atoms with van der Waals surface area (Å²) in [6.07, 6.45) is 4.17. The second-order valence-corrected chi connectivity index (χ2v) is 10.8. The number of nitrogens with zero attached hydrogens (tertiary/aromatic N) is 1. The van der Waals surface area contributed by atoms with Gasteiger partial charge in [0.05, 0.1) is 24.3 Å². The highest BCUT2D eigenvalue weighted by molar-refractivity contribution is 7.92. The van der Waals surface area contributed by atoms with Crippen molar-refractivity contribution in [3.63, 3.8) is 0 Å². The van der Waals surface area contributed by atoms with Crippen LogP contribution in [0.4, 0.5) is 5.69 Å². The number of aryl methyl sites for hydroxylation is 2. The molecule has 1 atom stereocenters. The molecule has 34 heavy (non-hydrogen) atoms. The Balaban J connectivity index is 1.68. The number of hydrogen-bond donors (Lipinski definition) is 0. The van der Waals surface area contributed by atoms with Gasteiger partial charge in [0, 0.05) is 19.3 Å². The van der Waals surface area contributed by atoms with E-state index in [1.807, 2.05) is 19.1 Å². The maximum Gasteiger partial charge on any atom is 0.341 e. The zero-order valence-electron chi connectivity index (χ0n) is 20.1. The molecule has 0 radical (unpaired) electrons. The molecule has 0 spiro atoms. The molecular formula is C26H33NO6S. The van der Waals surface area contributed by atoms with Gasteiger partial charge in [-0.05, 0) is 80.3 Å². The number of hydrogen-bond acceptors (Lipinski definition) is 6. The Morgan fingerprint density at radius 2 is 1.88 bits per heavy atom. The van der Waals surface area contributed by atoms with Crippen molar-refractivity contribution in [1.82, 2.24) is 0 Å². The molecule has 0 bridgehead atoms. The van der Waals surface area contributed by atoms with Gasteiger partial charge in [0.2, 0.25) is 0 Å². The molecule has 0 saturated carbocycles. The van der Waals surface area contributed by atoms with Crippen molar-refractivity contribution < 1.29 is 27.4 Å². The molecule has 8 heteroatoms. The van der Waals surface area contributed by atoms with Gasteiger partial charge >= 0.3 is 5.97 Å². The summed E-state index contributed by atoms with van der Waals surface area (Å²) in [6, 6.07) is 10.3. The number of anilines is 1. The zero-order chi connectivity index (χ0) is 24.3. The first kappa shape index (κ1) is 24.5.